The number of Topliss-reactive ketones (excluding diaryl/α,β-unsaturated/α-hetero) is 1. The second kappa shape index (κ2) is 11.4. The van der Waals surface area contributed by atoms with Gasteiger partial charge in [0.05, 0.1) is 42.1 Å². The van der Waals surface area contributed by atoms with Crippen LogP contribution in [0.1, 0.15) is 27.7 Å². The van der Waals surface area contributed by atoms with Crippen molar-refractivity contribution >= 4 is 44.2 Å². The smallest absolute Gasteiger partial charge is 0.252 e. The molecule has 202 valence electrons. The highest BCUT2D eigenvalue weighted by atomic mass is 32.2. The predicted molar refractivity (Wildman–Crippen MR) is 153 cm³/mol. The van der Waals surface area contributed by atoms with E-state index in [0.29, 0.717) is 34.2 Å². The second-order valence-electron chi connectivity index (χ2n) is 8.75. The molecule has 0 saturated heterocycles. The van der Waals surface area contributed by atoms with Crippen molar-refractivity contribution in [3.05, 3.63) is 77.1 Å². The van der Waals surface area contributed by atoms with Crippen LogP contribution >= 0.6 is 0 Å². The first-order chi connectivity index (χ1) is 19.7. The lowest BCUT2D eigenvalue weighted by atomic mass is 10.1. The molecule has 0 spiro atoms. The number of hydrogen-bond acceptors (Lipinski definition) is 10. The molecule has 39 heavy (non-hydrogen) atoms. The van der Waals surface area contributed by atoms with Crippen LogP contribution < -0.4 is 20.9 Å². The van der Waals surface area contributed by atoms with Gasteiger partial charge >= 0.3 is 0 Å². The van der Waals surface area contributed by atoms with Crippen LogP contribution in [-0.4, -0.2) is 49.1 Å². The molecule has 1 aromatic carbocycles. The number of nitrogens with one attached hydrogen (secondary N) is 2. The molecule has 0 atom stereocenters. The standard InChI is InChI=1S/C27H29N7O4S/c1-6-23(35)19-14-29-24(31-17-10-11-34(2)26(36)12-17)13-21(19)32-20-9-7-8-18(27(20)38-3)22-15-30-25(16-28-22)33-39(4,5)37/h7-16H,6H2,1-5H3,(H2,29,31,32)/i1D3. The van der Waals surface area contributed by atoms with E-state index in [1.807, 2.05) is 0 Å². The zero-order valence-electron chi connectivity index (χ0n) is 24.8. The van der Waals surface area contributed by atoms with Crippen molar-refractivity contribution < 1.29 is 17.9 Å². The van der Waals surface area contributed by atoms with Gasteiger partial charge in [0.25, 0.3) is 5.56 Å². The Balaban J connectivity index is 1.75. The Morgan fingerprint density at radius 1 is 1.10 bits per heavy atom. The van der Waals surface area contributed by atoms with Crippen LogP contribution in [-0.2, 0) is 16.8 Å². The first kappa shape index (κ1) is 23.5. The molecule has 0 aliphatic carbocycles. The van der Waals surface area contributed by atoms with Crippen LogP contribution in [0.15, 0.2) is 70.3 Å². The zero-order chi connectivity index (χ0) is 30.7. The maximum Gasteiger partial charge on any atom is 0.252 e. The highest BCUT2D eigenvalue weighted by Gasteiger charge is 2.17. The molecule has 0 aliphatic heterocycles. The Kier molecular flexibility index (Phi) is 6.90. The van der Waals surface area contributed by atoms with E-state index in [1.165, 1.54) is 48.8 Å². The normalized spacial score (nSPS) is 12.6. The summed E-state index contributed by atoms with van der Waals surface area (Å²) >= 11 is 0. The lowest BCUT2D eigenvalue weighted by Crippen LogP contribution is -2.14. The molecule has 0 bridgehead atoms. The highest BCUT2D eigenvalue weighted by Crippen LogP contribution is 2.38. The highest BCUT2D eigenvalue weighted by molar-refractivity contribution is 7.92. The van der Waals surface area contributed by atoms with E-state index < -0.39 is 28.8 Å². The van der Waals surface area contributed by atoms with E-state index in [0.717, 1.165) is 0 Å². The van der Waals surface area contributed by atoms with Crippen molar-refractivity contribution in [2.75, 3.05) is 30.3 Å². The molecule has 0 amide bonds. The fraction of sp³-hybridized carbons (Fsp3) is 0.222. The molecule has 12 heteroatoms. The van der Waals surface area contributed by atoms with Gasteiger partial charge in [0.15, 0.2) is 17.4 Å². The third-order valence-corrected chi connectivity index (χ3v) is 6.08. The molecule has 2 N–H and O–H groups in total. The summed E-state index contributed by atoms with van der Waals surface area (Å²) in [7, 11) is 0.690. The molecule has 11 nitrogen and oxygen atoms in total. The average molecular weight is 551 g/mol. The Morgan fingerprint density at radius 2 is 1.92 bits per heavy atom. The number of pyridine rings is 2. The van der Waals surface area contributed by atoms with Gasteiger partial charge in [-0.3, -0.25) is 14.6 Å². The molecule has 4 rings (SSSR count). The van der Waals surface area contributed by atoms with Crippen LogP contribution in [0.2, 0.25) is 0 Å². The Bertz CT molecular complexity index is 1810. The molecule has 0 saturated carbocycles. The third-order valence-electron chi connectivity index (χ3n) is 5.46. The molecular formula is C27H29N7O4S. The first-order valence-corrected chi connectivity index (χ1v) is 14.0. The maximum atomic E-state index is 13.0. The summed E-state index contributed by atoms with van der Waals surface area (Å²) in [5.41, 5.74) is 2.04. The monoisotopic (exact) mass is 550 g/mol. The van der Waals surface area contributed by atoms with E-state index >= 15 is 0 Å². The Hall–Kier alpha value is -4.58. The van der Waals surface area contributed by atoms with Crippen LogP contribution in [0.25, 0.3) is 11.3 Å². The molecule has 4 aromatic rings. The van der Waals surface area contributed by atoms with Crippen molar-refractivity contribution in [2.24, 2.45) is 11.4 Å². The summed E-state index contributed by atoms with van der Waals surface area (Å²) in [6.07, 6.45) is 8.08. The van der Waals surface area contributed by atoms with Gasteiger partial charge in [-0.05, 0) is 18.2 Å². The number of benzene rings is 1. The van der Waals surface area contributed by atoms with Gasteiger partial charge in [-0.15, -0.1) is 0 Å². The summed E-state index contributed by atoms with van der Waals surface area (Å²) < 4.78 is 45.8. The number of rotatable bonds is 9. The summed E-state index contributed by atoms with van der Waals surface area (Å²) in [6, 6.07) is 9.86. The van der Waals surface area contributed by atoms with Crippen molar-refractivity contribution in [3.8, 4) is 17.0 Å². The van der Waals surface area contributed by atoms with Crippen molar-refractivity contribution in [3.63, 3.8) is 0 Å². The van der Waals surface area contributed by atoms with Crippen LogP contribution in [0.4, 0.5) is 28.7 Å². The van der Waals surface area contributed by atoms with Crippen LogP contribution in [0.5, 0.6) is 5.75 Å². The number of aromatic nitrogens is 4. The number of hydrogen-bond donors (Lipinski definition) is 2. The number of carbonyl (C=O) groups excluding carboxylic acids is 1. The molecule has 0 unspecified atom stereocenters. The molecule has 0 aliphatic rings. The Morgan fingerprint density at radius 3 is 2.59 bits per heavy atom. The number of methoxy groups -OCH3 is 1. The van der Waals surface area contributed by atoms with E-state index in [-0.39, 0.29) is 22.6 Å². The topological polar surface area (TPSA) is 140 Å². The molecule has 3 aromatic heterocycles. The van der Waals surface area contributed by atoms with Gasteiger partial charge in [0.2, 0.25) is 0 Å². The minimum atomic E-state index is -2.48. The number of ketones is 1. The summed E-state index contributed by atoms with van der Waals surface area (Å²) in [6.45, 7) is -2.48. The lowest BCUT2D eigenvalue weighted by Gasteiger charge is -2.17. The van der Waals surface area contributed by atoms with Gasteiger partial charge in [0, 0.05) is 75.6 Å². The summed E-state index contributed by atoms with van der Waals surface area (Å²) in [4.78, 5) is 38.0. The zero-order valence-corrected chi connectivity index (χ0v) is 22.6. The minimum Gasteiger partial charge on any atom is -0.494 e. The van der Waals surface area contributed by atoms with E-state index in [2.05, 4.69) is 29.9 Å². The minimum absolute atomic E-state index is 0.0570. The van der Waals surface area contributed by atoms with E-state index in [9.17, 15) is 13.8 Å². The summed E-state index contributed by atoms with van der Waals surface area (Å²) in [5.74, 6) is 0.277. The SMILES string of the molecule is [2H]C([2H])([2H])CC(=O)c1cnc(Nc2ccn(C)c(=O)c2)cc1Nc1cccc(-c2cnc(N=S(C)(C)=O)cn2)c1OC. The number of nitrogens with zero attached hydrogens (tertiary/aromatic N) is 5. The number of carbonyl (C=O) groups is 1. The van der Waals surface area contributed by atoms with Crippen LogP contribution in [0, 0.1) is 0 Å². The van der Waals surface area contributed by atoms with Gasteiger partial charge in [0.1, 0.15) is 5.82 Å². The third kappa shape index (κ3) is 6.65. The number of aryl methyl sites for hydroxylation is 1. The van der Waals surface area contributed by atoms with Crippen molar-refractivity contribution in [1.82, 2.24) is 19.5 Å². The molecule has 0 radical (unpaired) electrons. The maximum absolute atomic E-state index is 13.0. The first-order valence-electron chi connectivity index (χ1n) is 13.1. The number of ether oxygens (including phenoxy) is 1. The fourth-order valence-electron chi connectivity index (χ4n) is 3.65. The molecular weight excluding hydrogens is 518 g/mol. The molecule has 3 heterocycles. The van der Waals surface area contributed by atoms with Gasteiger partial charge in [-0.25, -0.2) is 14.2 Å². The lowest BCUT2D eigenvalue weighted by molar-refractivity contribution is 0.0988. The van der Waals surface area contributed by atoms with Crippen LogP contribution in [0.3, 0.4) is 0 Å². The predicted octanol–water partition coefficient (Wildman–Crippen LogP) is 4.68. The fourth-order valence-corrected chi connectivity index (χ4v) is 4.20. The van der Waals surface area contributed by atoms with Gasteiger partial charge in [-0.2, -0.15) is 4.36 Å². The number of para-hydroxylation sites is 1. The number of anilines is 4. The quantitative estimate of drug-likeness (QED) is 0.284. The van der Waals surface area contributed by atoms with E-state index in [4.69, 9.17) is 8.85 Å². The average Bonchev–Trinajstić information content (AvgIpc) is 2.89. The second-order valence-corrected chi connectivity index (χ2v) is 11.3. The van der Waals surface area contributed by atoms with Crippen molar-refractivity contribution in [2.45, 2.75) is 13.3 Å². The van der Waals surface area contributed by atoms with Gasteiger partial charge < -0.3 is 19.9 Å². The van der Waals surface area contributed by atoms with E-state index in [1.54, 1.807) is 43.6 Å². The molecule has 0 fully saturated rings. The van der Waals surface area contributed by atoms with Crippen molar-refractivity contribution in [1.29, 1.82) is 0 Å². The summed E-state index contributed by atoms with van der Waals surface area (Å²) in [5, 5.41) is 6.21. The van der Waals surface area contributed by atoms with Gasteiger partial charge in [-0.1, -0.05) is 12.9 Å². The largest absolute Gasteiger partial charge is 0.494 e. The Labute approximate surface area is 230 Å².